The van der Waals surface area contributed by atoms with Crippen LogP contribution in [0.5, 0.6) is 0 Å². The first-order chi connectivity index (χ1) is 10.1. The number of amides is 1. The Bertz CT molecular complexity index is 808. The minimum atomic E-state index is -0.745. The summed E-state index contributed by atoms with van der Waals surface area (Å²) in [5, 5.41) is 3.16. The molecule has 3 nitrogen and oxygen atoms in total. The van der Waals surface area contributed by atoms with Crippen molar-refractivity contribution < 1.29 is 13.6 Å². The molecule has 3 rings (SSSR count). The summed E-state index contributed by atoms with van der Waals surface area (Å²) < 4.78 is 26.3. The second-order valence-electron chi connectivity index (χ2n) is 4.49. The molecule has 0 saturated heterocycles. The average molecular weight is 284 g/mol. The van der Waals surface area contributed by atoms with E-state index in [2.05, 4.69) is 10.3 Å². The van der Waals surface area contributed by atoms with Crippen molar-refractivity contribution in [1.29, 1.82) is 0 Å². The van der Waals surface area contributed by atoms with E-state index in [-0.39, 0.29) is 5.69 Å². The van der Waals surface area contributed by atoms with Crippen LogP contribution in [0.2, 0.25) is 0 Å². The molecule has 5 heteroatoms. The van der Waals surface area contributed by atoms with Crippen LogP contribution < -0.4 is 5.32 Å². The van der Waals surface area contributed by atoms with Crippen LogP contribution in [0.1, 0.15) is 10.4 Å². The van der Waals surface area contributed by atoms with Crippen molar-refractivity contribution in [2.45, 2.75) is 0 Å². The molecule has 1 N–H and O–H groups in total. The van der Waals surface area contributed by atoms with E-state index >= 15 is 0 Å². The minimum Gasteiger partial charge on any atom is -0.322 e. The first kappa shape index (κ1) is 13.2. The number of aromatic nitrogens is 1. The largest absolute Gasteiger partial charge is 0.322 e. The first-order valence-corrected chi connectivity index (χ1v) is 6.25. The van der Waals surface area contributed by atoms with Gasteiger partial charge < -0.3 is 5.32 Å². The van der Waals surface area contributed by atoms with Gasteiger partial charge in [0, 0.05) is 28.9 Å². The van der Waals surface area contributed by atoms with E-state index in [0.29, 0.717) is 16.5 Å². The van der Waals surface area contributed by atoms with Gasteiger partial charge in [-0.3, -0.25) is 9.78 Å². The average Bonchev–Trinajstić information content (AvgIpc) is 2.45. The summed E-state index contributed by atoms with van der Waals surface area (Å²) in [6, 6.07) is 11.5. The molecule has 0 bridgehead atoms. The Morgan fingerprint density at radius 2 is 1.76 bits per heavy atom. The van der Waals surface area contributed by atoms with Crippen LogP contribution in [0.3, 0.4) is 0 Å². The number of rotatable bonds is 2. The smallest absolute Gasteiger partial charge is 0.256 e. The molecule has 0 radical (unpaired) electrons. The van der Waals surface area contributed by atoms with E-state index in [1.807, 2.05) is 0 Å². The molecule has 104 valence electrons. The van der Waals surface area contributed by atoms with Crippen LogP contribution in [-0.4, -0.2) is 10.9 Å². The molecule has 1 amide bonds. The molecule has 0 spiro atoms. The molecule has 1 heterocycles. The van der Waals surface area contributed by atoms with Gasteiger partial charge in [0.2, 0.25) is 0 Å². The van der Waals surface area contributed by atoms with Crippen molar-refractivity contribution in [2.24, 2.45) is 0 Å². The molecule has 0 atom stereocenters. The maximum Gasteiger partial charge on any atom is 0.256 e. The van der Waals surface area contributed by atoms with Crippen molar-refractivity contribution >= 4 is 22.5 Å². The fraction of sp³-hybridized carbons (Fsp3) is 0. The Morgan fingerprint density at radius 1 is 1.00 bits per heavy atom. The van der Waals surface area contributed by atoms with Gasteiger partial charge in [-0.1, -0.05) is 12.1 Å². The van der Waals surface area contributed by atoms with Crippen LogP contribution in [0.4, 0.5) is 14.5 Å². The van der Waals surface area contributed by atoms with Crippen molar-refractivity contribution in [3.05, 3.63) is 71.9 Å². The second kappa shape index (κ2) is 5.28. The molecule has 0 saturated carbocycles. The molecular formula is C16H10F2N2O. The normalized spacial score (nSPS) is 10.6. The molecule has 21 heavy (non-hydrogen) atoms. The van der Waals surface area contributed by atoms with Crippen LogP contribution in [0.15, 0.2) is 54.7 Å². The summed E-state index contributed by atoms with van der Waals surface area (Å²) >= 11 is 0. The van der Waals surface area contributed by atoms with Gasteiger partial charge in [0.15, 0.2) is 0 Å². The van der Waals surface area contributed by atoms with Gasteiger partial charge in [0.25, 0.3) is 5.91 Å². The number of carbonyl (C=O) groups excluding carboxylic acids is 1. The summed E-state index contributed by atoms with van der Waals surface area (Å²) in [6.45, 7) is 0. The van der Waals surface area contributed by atoms with Gasteiger partial charge in [-0.05, 0) is 30.3 Å². The molecular weight excluding hydrogens is 274 g/mol. The van der Waals surface area contributed by atoms with Crippen LogP contribution >= 0.6 is 0 Å². The first-order valence-electron chi connectivity index (χ1n) is 6.25. The minimum absolute atomic E-state index is 0.0680. The third-order valence-electron chi connectivity index (χ3n) is 3.01. The number of nitrogens with zero attached hydrogens (tertiary/aromatic N) is 1. The number of halogens is 2. The van der Waals surface area contributed by atoms with Crippen LogP contribution in [-0.2, 0) is 0 Å². The third-order valence-corrected chi connectivity index (χ3v) is 3.01. The van der Waals surface area contributed by atoms with Crippen LogP contribution in [0, 0.1) is 11.6 Å². The van der Waals surface area contributed by atoms with E-state index < -0.39 is 17.5 Å². The second-order valence-corrected chi connectivity index (χ2v) is 4.49. The number of pyridine rings is 1. The van der Waals surface area contributed by atoms with Gasteiger partial charge >= 0.3 is 0 Å². The molecule has 0 unspecified atom stereocenters. The Hall–Kier alpha value is -2.82. The number of hydrogen-bond acceptors (Lipinski definition) is 2. The number of nitrogens with one attached hydrogen (secondary N) is 1. The number of carbonyl (C=O) groups is 1. The predicted octanol–water partition coefficient (Wildman–Crippen LogP) is 3.77. The van der Waals surface area contributed by atoms with Crippen molar-refractivity contribution in [1.82, 2.24) is 4.98 Å². The quantitative estimate of drug-likeness (QED) is 0.778. The molecule has 0 aliphatic rings. The lowest BCUT2D eigenvalue weighted by molar-refractivity contribution is 0.102. The Morgan fingerprint density at radius 3 is 2.52 bits per heavy atom. The lowest BCUT2D eigenvalue weighted by atomic mass is 10.1. The molecule has 3 aromatic rings. The Balaban J connectivity index is 1.97. The third kappa shape index (κ3) is 2.72. The summed E-state index contributed by atoms with van der Waals surface area (Å²) in [5.74, 6) is -1.94. The summed E-state index contributed by atoms with van der Waals surface area (Å²) in [5.41, 5.74) is 1.14. The van der Waals surface area contributed by atoms with Gasteiger partial charge in [-0.25, -0.2) is 8.78 Å². The number of benzene rings is 2. The summed E-state index contributed by atoms with van der Waals surface area (Å²) in [7, 11) is 0. The van der Waals surface area contributed by atoms with Gasteiger partial charge in [0.1, 0.15) is 11.6 Å². The molecule has 1 aromatic heterocycles. The highest BCUT2D eigenvalue weighted by Crippen LogP contribution is 2.19. The number of hydrogen-bond donors (Lipinski definition) is 1. The zero-order valence-electron chi connectivity index (χ0n) is 10.8. The summed E-state index contributed by atoms with van der Waals surface area (Å²) in [4.78, 5) is 16.4. The standard InChI is InChI=1S/C16H10F2N2O/c17-10-7-11(18)9-12(8-10)20-16(21)14-3-1-5-15-13(14)4-2-6-19-15/h1-9H,(H,20,21). The fourth-order valence-corrected chi connectivity index (χ4v) is 2.13. The summed E-state index contributed by atoms with van der Waals surface area (Å²) in [6.07, 6.45) is 1.63. The number of fused-ring (bicyclic) bond motifs is 1. The lowest BCUT2D eigenvalue weighted by Gasteiger charge is -2.08. The Labute approximate surface area is 119 Å². The topological polar surface area (TPSA) is 42.0 Å². The van der Waals surface area contributed by atoms with Crippen LogP contribution in [0.25, 0.3) is 10.9 Å². The maximum absolute atomic E-state index is 13.1. The molecule has 0 fully saturated rings. The lowest BCUT2D eigenvalue weighted by Crippen LogP contribution is -2.12. The maximum atomic E-state index is 13.1. The predicted molar refractivity (Wildman–Crippen MR) is 76.1 cm³/mol. The van der Waals surface area contributed by atoms with Crippen molar-refractivity contribution in [2.75, 3.05) is 5.32 Å². The SMILES string of the molecule is O=C(Nc1cc(F)cc(F)c1)c1cccc2ncccc12. The fourth-order valence-electron chi connectivity index (χ4n) is 2.13. The van der Waals surface area contributed by atoms with E-state index in [1.54, 1.807) is 36.5 Å². The zero-order valence-corrected chi connectivity index (χ0v) is 10.8. The van der Waals surface area contributed by atoms with E-state index in [9.17, 15) is 13.6 Å². The van der Waals surface area contributed by atoms with E-state index in [0.717, 1.165) is 18.2 Å². The van der Waals surface area contributed by atoms with E-state index in [4.69, 9.17) is 0 Å². The van der Waals surface area contributed by atoms with Gasteiger partial charge in [0.05, 0.1) is 5.52 Å². The van der Waals surface area contributed by atoms with Gasteiger partial charge in [-0.2, -0.15) is 0 Å². The molecule has 0 aliphatic carbocycles. The number of anilines is 1. The Kier molecular flexibility index (Phi) is 3.31. The van der Waals surface area contributed by atoms with Crippen molar-refractivity contribution in [3.8, 4) is 0 Å². The van der Waals surface area contributed by atoms with E-state index in [1.165, 1.54) is 0 Å². The highest BCUT2D eigenvalue weighted by atomic mass is 19.1. The molecule has 0 aliphatic heterocycles. The monoisotopic (exact) mass is 284 g/mol. The molecule has 2 aromatic carbocycles. The van der Waals surface area contributed by atoms with Crippen molar-refractivity contribution in [3.63, 3.8) is 0 Å². The highest BCUT2D eigenvalue weighted by molar-refractivity contribution is 6.12. The van der Waals surface area contributed by atoms with Gasteiger partial charge in [-0.15, -0.1) is 0 Å². The zero-order chi connectivity index (χ0) is 14.8. The highest BCUT2D eigenvalue weighted by Gasteiger charge is 2.11.